The summed E-state index contributed by atoms with van der Waals surface area (Å²) in [5.41, 5.74) is -1.20. The highest BCUT2D eigenvalue weighted by molar-refractivity contribution is 7.87. The SMILES string of the molecule is CCC(C)(C)C(=O)OCC(F)(C(F)(F)F)S(=O)(=O)O. The van der Waals surface area contributed by atoms with Crippen molar-refractivity contribution >= 4 is 16.1 Å². The maximum Gasteiger partial charge on any atom is 0.443 e. The van der Waals surface area contributed by atoms with E-state index >= 15 is 0 Å². The molecule has 0 spiro atoms. The second-order valence-electron chi connectivity index (χ2n) is 4.51. The average molecular weight is 310 g/mol. The van der Waals surface area contributed by atoms with Crippen molar-refractivity contribution in [3.8, 4) is 0 Å². The lowest BCUT2D eigenvalue weighted by molar-refractivity contribution is -0.215. The van der Waals surface area contributed by atoms with Crippen molar-refractivity contribution in [2.24, 2.45) is 5.41 Å². The van der Waals surface area contributed by atoms with Gasteiger partial charge in [-0.3, -0.25) is 9.35 Å². The predicted octanol–water partition coefficient (Wildman–Crippen LogP) is 2.08. The highest BCUT2D eigenvalue weighted by Gasteiger charge is 2.66. The van der Waals surface area contributed by atoms with Crippen LogP contribution in [-0.2, 0) is 19.6 Å². The molecule has 0 aliphatic heterocycles. The van der Waals surface area contributed by atoms with Crippen LogP contribution in [0.2, 0.25) is 0 Å². The molecule has 0 aromatic rings. The molecule has 1 atom stereocenters. The Morgan fingerprint density at radius 3 is 1.89 bits per heavy atom. The minimum atomic E-state index is -6.14. The van der Waals surface area contributed by atoms with Crippen LogP contribution in [0.4, 0.5) is 17.6 Å². The van der Waals surface area contributed by atoms with Gasteiger partial charge in [-0.15, -0.1) is 0 Å². The molecular formula is C9H14F4O5S. The summed E-state index contributed by atoms with van der Waals surface area (Å²) in [5, 5.41) is -5.04. The number of alkyl halides is 4. The molecule has 0 heterocycles. The monoisotopic (exact) mass is 310 g/mol. The highest BCUT2D eigenvalue weighted by atomic mass is 32.2. The van der Waals surface area contributed by atoms with Crippen molar-refractivity contribution in [3.63, 3.8) is 0 Å². The minimum Gasteiger partial charge on any atom is -0.460 e. The van der Waals surface area contributed by atoms with Gasteiger partial charge >= 0.3 is 27.3 Å². The summed E-state index contributed by atoms with van der Waals surface area (Å²) >= 11 is 0. The Labute approximate surface area is 107 Å². The average Bonchev–Trinajstić information content (AvgIpc) is 2.21. The van der Waals surface area contributed by atoms with E-state index in [0.29, 0.717) is 0 Å². The van der Waals surface area contributed by atoms with Crippen LogP contribution in [0.25, 0.3) is 0 Å². The van der Waals surface area contributed by atoms with E-state index in [9.17, 15) is 30.8 Å². The van der Waals surface area contributed by atoms with Gasteiger partial charge in [-0.2, -0.15) is 21.6 Å². The van der Waals surface area contributed by atoms with E-state index in [4.69, 9.17) is 4.55 Å². The number of ether oxygens (including phenoxy) is 1. The van der Waals surface area contributed by atoms with Crippen LogP contribution in [0, 0.1) is 5.41 Å². The fourth-order valence-electron chi connectivity index (χ4n) is 0.801. The minimum absolute atomic E-state index is 0.184. The molecule has 5 nitrogen and oxygen atoms in total. The summed E-state index contributed by atoms with van der Waals surface area (Å²) in [6.07, 6.45) is -5.75. The van der Waals surface area contributed by atoms with Crippen LogP contribution in [-0.4, -0.2) is 36.7 Å². The molecule has 0 rings (SSSR count). The number of rotatable bonds is 5. The fraction of sp³-hybridized carbons (Fsp3) is 0.889. The second-order valence-corrected chi connectivity index (χ2v) is 6.11. The van der Waals surface area contributed by atoms with Crippen LogP contribution >= 0.6 is 0 Å². The van der Waals surface area contributed by atoms with Crippen molar-refractivity contribution in [2.45, 2.75) is 38.4 Å². The van der Waals surface area contributed by atoms with Gasteiger partial charge in [0.15, 0.2) is 6.61 Å². The second kappa shape index (κ2) is 5.23. The summed E-state index contributed by atoms with van der Waals surface area (Å²) in [7, 11) is -6.14. The normalized spacial score (nSPS) is 16.8. The summed E-state index contributed by atoms with van der Waals surface area (Å²) < 4.78 is 83.8. The molecule has 0 amide bonds. The first-order valence-electron chi connectivity index (χ1n) is 5.09. The van der Waals surface area contributed by atoms with E-state index in [2.05, 4.69) is 4.74 Å². The molecule has 0 aromatic carbocycles. The number of hydrogen-bond donors (Lipinski definition) is 1. The van der Waals surface area contributed by atoms with Gasteiger partial charge in [-0.05, 0) is 20.3 Å². The van der Waals surface area contributed by atoms with Gasteiger partial charge < -0.3 is 4.74 Å². The van der Waals surface area contributed by atoms with Gasteiger partial charge in [0.25, 0.3) is 0 Å². The maximum absolute atomic E-state index is 13.4. The molecule has 0 aliphatic carbocycles. The lowest BCUT2D eigenvalue weighted by Crippen LogP contribution is -2.52. The van der Waals surface area contributed by atoms with Crippen molar-refractivity contribution in [2.75, 3.05) is 6.61 Å². The Morgan fingerprint density at radius 2 is 1.63 bits per heavy atom. The molecule has 0 aliphatic rings. The van der Waals surface area contributed by atoms with E-state index in [1.807, 2.05) is 0 Å². The summed E-state index contributed by atoms with van der Waals surface area (Å²) in [6, 6.07) is 0. The van der Waals surface area contributed by atoms with Gasteiger partial charge in [-0.25, -0.2) is 4.39 Å². The highest BCUT2D eigenvalue weighted by Crippen LogP contribution is 2.38. The zero-order valence-electron chi connectivity index (χ0n) is 10.4. The fourth-order valence-corrected chi connectivity index (χ4v) is 1.30. The van der Waals surface area contributed by atoms with Gasteiger partial charge in [0.2, 0.25) is 0 Å². The molecule has 0 saturated carbocycles. The molecule has 1 unspecified atom stereocenters. The smallest absolute Gasteiger partial charge is 0.443 e. The lowest BCUT2D eigenvalue weighted by Gasteiger charge is -2.26. The first-order chi connectivity index (χ1) is 8.19. The molecule has 0 aromatic heterocycles. The summed E-state index contributed by atoms with van der Waals surface area (Å²) in [5.74, 6) is -1.20. The maximum atomic E-state index is 13.4. The molecule has 1 N–H and O–H groups in total. The van der Waals surface area contributed by atoms with Crippen LogP contribution in [0.1, 0.15) is 27.2 Å². The van der Waals surface area contributed by atoms with Crippen molar-refractivity contribution in [1.82, 2.24) is 0 Å². The van der Waals surface area contributed by atoms with Gasteiger partial charge in [0.1, 0.15) is 0 Å². The number of hydrogen-bond acceptors (Lipinski definition) is 4. The summed E-state index contributed by atoms with van der Waals surface area (Å²) in [4.78, 5) is 11.4. The number of carbonyl (C=O) groups is 1. The van der Waals surface area contributed by atoms with Crippen molar-refractivity contribution in [3.05, 3.63) is 0 Å². The number of carbonyl (C=O) groups excluding carboxylic acids is 1. The quantitative estimate of drug-likeness (QED) is 0.478. The Hall–Kier alpha value is -0.900. The third kappa shape index (κ3) is 3.78. The zero-order valence-corrected chi connectivity index (χ0v) is 11.2. The van der Waals surface area contributed by atoms with E-state index in [1.54, 1.807) is 0 Å². The Balaban J connectivity index is 5.18. The van der Waals surface area contributed by atoms with Crippen LogP contribution in [0.5, 0.6) is 0 Å². The zero-order chi connectivity index (χ0) is 15.7. The van der Waals surface area contributed by atoms with E-state index in [0.717, 1.165) is 0 Å². The topological polar surface area (TPSA) is 80.7 Å². The van der Waals surface area contributed by atoms with Crippen LogP contribution in [0.3, 0.4) is 0 Å². The van der Waals surface area contributed by atoms with Gasteiger partial charge in [-0.1, -0.05) is 6.92 Å². The molecular weight excluding hydrogens is 296 g/mol. The molecule has 0 saturated heterocycles. The molecule has 0 bridgehead atoms. The first-order valence-corrected chi connectivity index (χ1v) is 6.53. The number of halogens is 4. The largest absolute Gasteiger partial charge is 0.460 e. The standard InChI is InChI=1S/C9H14F4O5S/c1-4-7(2,3)6(14)18-5-8(10,9(11,12)13)19(15,16)17/h4-5H2,1-3H3,(H,15,16,17). The molecule has 0 radical (unpaired) electrons. The third-order valence-corrected chi connectivity index (χ3v) is 3.82. The first kappa shape index (κ1) is 18.1. The van der Waals surface area contributed by atoms with Crippen LogP contribution < -0.4 is 0 Å². The van der Waals surface area contributed by atoms with Crippen molar-refractivity contribution in [1.29, 1.82) is 0 Å². The van der Waals surface area contributed by atoms with Crippen LogP contribution in [0.15, 0.2) is 0 Å². The number of esters is 1. The Bertz CT molecular complexity index is 442. The predicted molar refractivity (Wildman–Crippen MR) is 56.5 cm³/mol. The summed E-state index contributed by atoms with van der Waals surface area (Å²) in [6.45, 7) is 2.04. The third-order valence-electron chi connectivity index (χ3n) is 2.66. The molecule has 0 fully saturated rings. The Morgan fingerprint density at radius 1 is 1.21 bits per heavy atom. The van der Waals surface area contributed by atoms with Gasteiger partial charge in [0.05, 0.1) is 5.41 Å². The van der Waals surface area contributed by atoms with Crippen molar-refractivity contribution < 1.29 is 40.1 Å². The van der Waals surface area contributed by atoms with Gasteiger partial charge in [0, 0.05) is 0 Å². The van der Waals surface area contributed by atoms with E-state index < -0.39 is 39.3 Å². The van der Waals surface area contributed by atoms with E-state index in [1.165, 1.54) is 20.8 Å². The molecule has 19 heavy (non-hydrogen) atoms. The lowest BCUT2D eigenvalue weighted by atomic mass is 9.91. The molecule has 10 heteroatoms. The Kier molecular flexibility index (Phi) is 4.99. The van der Waals surface area contributed by atoms with E-state index in [-0.39, 0.29) is 6.42 Å². The molecule has 114 valence electrons.